The van der Waals surface area contributed by atoms with Gasteiger partial charge in [0.05, 0.1) is 32.3 Å². The SMILES string of the molecule is CCOCCOC(=O)C1=C(C)NC2=C(C(=O)C[C@H](c3ccc(OC)c(OC)c3)C2)[C@H]1c1ccccc1F. The van der Waals surface area contributed by atoms with Crippen molar-refractivity contribution in [2.24, 2.45) is 0 Å². The fourth-order valence-corrected chi connectivity index (χ4v) is 5.09. The molecule has 1 N–H and O–H groups in total. The lowest BCUT2D eigenvalue weighted by Crippen LogP contribution is -2.36. The molecule has 196 valence electrons. The molecule has 0 spiro atoms. The summed E-state index contributed by atoms with van der Waals surface area (Å²) in [7, 11) is 3.14. The number of methoxy groups -OCH3 is 2. The maximum Gasteiger partial charge on any atom is 0.336 e. The summed E-state index contributed by atoms with van der Waals surface area (Å²) in [5, 5.41) is 3.28. The fourth-order valence-electron chi connectivity index (χ4n) is 5.09. The van der Waals surface area contributed by atoms with Gasteiger partial charge < -0.3 is 24.3 Å². The van der Waals surface area contributed by atoms with Gasteiger partial charge in [0.2, 0.25) is 0 Å². The predicted molar refractivity (Wildman–Crippen MR) is 136 cm³/mol. The number of rotatable bonds is 9. The number of hydrogen-bond donors (Lipinski definition) is 1. The second-order valence-electron chi connectivity index (χ2n) is 8.99. The van der Waals surface area contributed by atoms with Crippen molar-refractivity contribution in [3.63, 3.8) is 0 Å². The Bertz CT molecular complexity index is 1250. The predicted octanol–water partition coefficient (Wildman–Crippen LogP) is 4.78. The molecule has 1 aliphatic carbocycles. The molecule has 8 heteroatoms. The highest BCUT2D eigenvalue weighted by molar-refractivity contribution is 6.04. The van der Waals surface area contributed by atoms with Crippen molar-refractivity contribution in [1.29, 1.82) is 0 Å². The van der Waals surface area contributed by atoms with E-state index in [2.05, 4.69) is 5.32 Å². The number of ether oxygens (including phenoxy) is 4. The first-order valence-corrected chi connectivity index (χ1v) is 12.3. The molecule has 2 aromatic carbocycles. The lowest BCUT2D eigenvalue weighted by Gasteiger charge is -2.36. The number of halogens is 1. The summed E-state index contributed by atoms with van der Waals surface area (Å²) in [6.07, 6.45) is 0.734. The van der Waals surface area contributed by atoms with E-state index >= 15 is 4.39 Å². The van der Waals surface area contributed by atoms with Crippen LogP contribution < -0.4 is 14.8 Å². The number of carbonyl (C=O) groups is 2. The Morgan fingerprint density at radius 2 is 1.81 bits per heavy atom. The lowest BCUT2D eigenvalue weighted by atomic mass is 9.71. The van der Waals surface area contributed by atoms with Crippen molar-refractivity contribution < 1.29 is 32.9 Å². The fraction of sp³-hybridized carbons (Fsp3) is 0.379. The van der Waals surface area contributed by atoms with Crippen LogP contribution >= 0.6 is 0 Å². The normalized spacial score (nSPS) is 19.3. The molecule has 4 rings (SSSR count). The minimum absolute atomic E-state index is 0.0642. The first-order chi connectivity index (χ1) is 17.9. The van der Waals surface area contributed by atoms with Crippen molar-refractivity contribution in [2.45, 2.75) is 38.5 Å². The van der Waals surface area contributed by atoms with Gasteiger partial charge in [-0.05, 0) is 49.9 Å². The number of esters is 1. The summed E-state index contributed by atoms with van der Waals surface area (Å²) < 4.78 is 36.6. The molecule has 0 aromatic heterocycles. The Labute approximate surface area is 216 Å². The monoisotopic (exact) mass is 509 g/mol. The highest BCUT2D eigenvalue weighted by Gasteiger charge is 2.42. The summed E-state index contributed by atoms with van der Waals surface area (Å²) in [4.78, 5) is 26.9. The minimum atomic E-state index is -0.865. The number of nitrogens with one attached hydrogen (secondary N) is 1. The van der Waals surface area contributed by atoms with Gasteiger partial charge in [-0.15, -0.1) is 0 Å². The van der Waals surface area contributed by atoms with E-state index < -0.39 is 17.7 Å². The highest BCUT2D eigenvalue weighted by Crippen LogP contribution is 2.47. The molecular formula is C29H32FNO6. The second kappa shape index (κ2) is 11.6. The van der Waals surface area contributed by atoms with Crippen molar-refractivity contribution in [1.82, 2.24) is 5.32 Å². The minimum Gasteiger partial charge on any atom is -0.493 e. The van der Waals surface area contributed by atoms with Gasteiger partial charge in [0.1, 0.15) is 12.4 Å². The molecule has 1 heterocycles. The number of ketones is 1. The third-order valence-corrected chi connectivity index (χ3v) is 6.81. The zero-order chi connectivity index (χ0) is 26.5. The number of benzene rings is 2. The number of allylic oxidation sites excluding steroid dienone is 3. The molecule has 7 nitrogen and oxygen atoms in total. The third-order valence-electron chi connectivity index (χ3n) is 6.81. The van der Waals surface area contributed by atoms with Gasteiger partial charge in [-0.1, -0.05) is 24.3 Å². The van der Waals surface area contributed by atoms with Crippen LogP contribution in [0.4, 0.5) is 4.39 Å². The number of Topliss-reactive ketones (excluding diaryl/α,β-unsaturated/α-hetero) is 1. The van der Waals surface area contributed by atoms with Crippen LogP contribution in [0.2, 0.25) is 0 Å². The van der Waals surface area contributed by atoms with Crippen LogP contribution in [0.5, 0.6) is 11.5 Å². The van der Waals surface area contributed by atoms with Gasteiger partial charge in [0.15, 0.2) is 17.3 Å². The molecule has 0 unspecified atom stereocenters. The molecule has 0 saturated carbocycles. The Morgan fingerprint density at radius 1 is 1.05 bits per heavy atom. The van der Waals surface area contributed by atoms with Crippen LogP contribution in [0, 0.1) is 5.82 Å². The summed E-state index contributed by atoms with van der Waals surface area (Å²) in [5.41, 5.74) is 3.07. The summed E-state index contributed by atoms with van der Waals surface area (Å²) in [5.74, 6) is -1.02. The molecular weight excluding hydrogens is 477 g/mol. The van der Waals surface area contributed by atoms with E-state index in [0.717, 1.165) is 5.56 Å². The average molecular weight is 510 g/mol. The molecule has 1 aliphatic heterocycles. The van der Waals surface area contributed by atoms with Crippen molar-refractivity contribution >= 4 is 11.8 Å². The maximum absolute atomic E-state index is 15.1. The van der Waals surface area contributed by atoms with E-state index in [4.69, 9.17) is 18.9 Å². The van der Waals surface area contributed by atoms with E-state index in [1.807, 2.05) is 25.1 Å². The quantitative estimate of drug-likeness (QED) is 0.385. The van der Waals surface area contributed by atoms with Crippen molar-refractivity contribution in [3.05, 3.63) is 81.9 Å². The van der Waals surface area contributed by atoms with Crippen LogP contribution in [0.3, 0.4) is 0 Å². The topological polar surface area (TPSA) is 83.1 Å². The van der Waals surface area contributed by atoms with Crippen molar-refractivity contribution in [2.75, 3.05) is 34.0 Å². The molecule has 0 fully saturated rings. The van der Waals surface area contributed by atoms with Gasteiger partial charge in [0.25, 0.3) is 0 Å². The van der Waals surface area contributed by atoms with Crippen LogP contribution in [0.15, 0.2) is 65.0 Å². The van der Waals surface area contributed by atoms with E-state index in [9.17, 15) is 9.59 Å². The summed E-state index contributed by atoms with van der Waals surface area (Å²) in [6.45, 7) is 4.43. The first-order valence-electron chi connectivity index (χ1n) is 12.3. The molecule has 37 heavy (non-hydrogen) atoms. The first kappa shape index (κ1) is 26.4. The second-order valence-corrected chi connectivity index (χ2v) is 8.99. The van der Waals surface area contributed by atoms with Gasteiger partial charge in [-0.25, -0.2) is 9.18 Å². The third kappa shape index (κ3) is 5.39. The van der Waals surface area contributed by atoms with Crippen LogP contribution in [0.25, 0.3) is 0 Å². The van der Waals surface area contributed by atoms with Gasteiger partial charge >= 0.3 is 5.97 Å². The van der Waals surface area contributed by atoms with Gasteiger partial charge in [0, 0.05) is 35.6 Å². The Hall–Kier alpha value is -3.65. The van der Waals surface area contributed by atoms with Crippen LogP contribution in [-0.2, 0) is 19.1 Å². The van der Waals surface area contributed by atoms with E-state index in [1.54, 1.807) is 39.3 Å². The summed E-state index contributed by atoms with van der Waals surface area (Å²) in [6, 6.07) is 11.9. The summed E-state index contributed by atoms with van der Waals surface area (Å²) >= 11 is 0. The van der Waals surface area contributed by atoms with E-state index in [0.29, 0.717) is 41.5 Å². The molecule has 2 atom stereocenters. The Morgan fingerprint density at radius 3 is 2.51 bits per heavy atom. The van der Waals surface area contributed by atoms with Gasteiger partial charge in [-0.2, -0.15) is 0 Å². The molecule has 0 radical (unpaired) electrons. The zero-order valence-electron chi connectivity index (χ0n) is 21.6. The number of hydrogen-bond acceptors (Lipinski definition) is 7. The Kier molecular flexibility index (Phi) is 8.28. The van der Waals surface area contributed by atoms with Crippen LogP contribution in [-0.4, -0.2) is 45.8 Å². The maximum atomic E-state index is 15.1. The van der Waals surface area contributed by atoms with Crippen molar-refractivity contribution in [3.8, 4) is 11.5 Å². The van der Waals surface area contributed by atoms with Gasteiger partial charge in [-0.3, -0.25) is 4.79 Å². The molecule has 0 saturated heterocycles. The Balaban J connectivity index is 1.72. The highest BCUT2D eigenvalue weighted by atomic mass is 19.1. The van der Waals surface area contributed by atoms with E-state index in [-0.39, 0.29) is 42.5 Å². The molecule has 2 aliphatic rings. The lowest BCUT2D eigenvalue weighted by molar-refractivity contribution is -0.140. The van der Waals surface area contributed by atoms with Crippen LogP contribution in [0.1, 0.15) is 49.7 Å². The average Bonchev–Trinajstić information content (AvgIpc) is 2.90. The molecule has 2 aromatic rings. The number of carbonyl (C=O) groups excluding carboxylic acids is 2. The molecule has 0 bridgehead atoms. The largest absolute Gasteiger partial charge is 0.493 e. The smallest absolute Gasteiger partial charge is 0.336 e. The number of dihydropyridines is 1. The zero-order valence-corrected chi connectivity index (χ0v) is 21.6. The van der Waals surface area contributed by atoms with E-state index in [1.165, 1.54) is 6.07 Å². The molecule has 0 amide bonds. The standard InChI is InChI=1S/C29H32FNO6/c1-5-36-12-13-37-29(33)26-17(2)31-22-14-19(18-10-11-24(34-3)25(16-18)35-4)15-23(32)28(22)27(26)20-8-6-7-9-21(20)30/h6-11,16,19,27,31H,5,12-15H2,1-4H3/t19-,27+/m1/s1.